The lowest BCUT2D eigenvalue weighted by Crippen LogP contribution is -2.47. The zero-order valence-electron chi connectivity index (χ0n) is 12.5. The van der Waals surface area contributed by atoms with E-state index in [2.05, 4.69) is 5.16 Å². The summed E-state index contributed by atoms with van der Waals surface area (Å²) in [5, 5.41) is 21.5. The maximum Gasteiger partial charge on any atom is 0.471 e. The summed E-state index contributed by atoms with van der Waals surface area (Å²) in [4.78, 5) is 32.3. The van der Waals surface area contributed by atoms with E-state index >= 15 is 0 Å². The lowest BCUT2D eigenvalue weighted by Gasteiger charge is -2.16. The van der Waals surface area contributed by atoms with Crippen molar-refractivity contribution in [2.45, 2.75) is 18.6 Å². The molecule has 0 aliphatic carbocycles. The van der Waals surface area contributed by atoms with Crippen LogP contribution in [0.2, 0.25) is 0 Å². The molecule has 0 spiro atoms. The Balaban J connectivity index is 2.60. The number of carbonyl (C=O) groups excluding carboxylic acids is 2. The van der Waals surface area contributed by atoms with Gasteiger partial charge in [-0.15, -0.1) is 0 Å². The van der Waals surface area contributed by atoms with Crippen molar-refractivity contribution in [3.05, 3.63) is 29.8 Å². The molecule has 0 aromatic heterocycles. The maximum absolute atomic E-state index is 12.1. The molecule has 11 heteroatoms. The van der Waals surface area contributed by atoms with E-state index in [1.807, 2.05) is 0 Å². The van der Waals surface area contributed by atoms with Gasteiger partial charge in [0.05, 0.1) is 6.61 Å². The summed E-state index contributed by atoms with van der Waals surface area (Å²) in [6.07, 6.45) is -5.26. The molecule has 1 atom stereocenters. The molecule has 0 aliphatic heterocycles. The number of alkyl halides is 3. The van der Waals surface area contributed by atoms with Gasteiger partial charge < -0.3 is 20.4 Å². The first kappa shape index (κ1) is 19.9. The predicted molar refractivity (Wildman–Crippen MR) is 76.6 cm³/mol. The Morgan fingerprint density at radius 1 is 1.28 bits per heavy atom. The first-order valence-corrected chi connectivity index (χ1v) is 6.70. The monoisotopic (exact) mass is 362 g/mol. The summed E-state index contributed by atoms with van der Waals surface area (Å²) in [5.41, 5.74) is 0.0815. The zero-order valence-corrected chi connectivity index (χ0v) is 12.5. The van der Waals surface area contributed by atoms with Crippen LogP contribution in [0.5, 0.6) is 5.75 Å². The Labute approximate surface area is 138 Å². The number of hydrogen-bond donors (Lipinski definition) is 3. The lowest BCUT2D eigenvalue weighted by atomic mass is 10.1. The quantitative estimate of drug-likeness (QED) is 0.274. The molecule has 0 fully saturated rings. The fourth-order valence-corrected chi connectivity index (χ4v) is 1.66. The van der Waals surface area contributed by atoms with Gasteiger partial charge in [-0.25, -0.2) is 4.79 Å². The fraction of sp³-hybridized carbons (Fsp3) is 0.286. The number of carbonyl (C=O) groups is 3. The minimum absolute atomic E-state index is 0.215. The molecule has 1 rings (SSSR count). The van der Waals surface area contributed by atoms with Gasteiger partial charge in [0.15, 0.2) is 6.29 Å². The SMILES string of the molecule is O=CC(=NO)c1ccc(OCCC(NC(=O)C(F)(F)F)C(=O)O)cc1. The predicted octanol–water partition coefficient (Wildman–Crippen LogP) is 0.964. The van der Waals surface area contributed by atoms with Crippen LogP contribution in [0, 0.1) is 0 Å². The maximum atomic E-state index is 12.1. The lowest BCUT2D eigenvalue weighted by molar-refractivity contribution is -0.175. The van der Waals surface area contributed by atoms with Crippen molar-refractivity contribution in [1.29, 1.82) is 0 Å². The molecule has 0 radical (unpaired) electrons. The van der Waals surface area contributed by atoms with Gasteiger partial charge in [-0.3, -0.25) is 9.59 Å². The zero-order chi connectivity index (χ0) is 19.0. The number of nitrogens with zero attached hydrogens (tertiary/aromatic N) is 1. The summed E-state index contributed by atoms with van der Waals surface area (Å²) in [6.45, 7) is -0.289. The summed E-state index contributed by atoms with van der Waals surface area (Å²) >= 11 is 0. The third-order valence-electron chi connectivity index (χ3n) is 2.91. The molecular formula is C14H13F3N2O6. The molecular weight excluding hydrogens is 349 g/mol. The van der Waals surface area contributed by atoms with Gasteiger partial charge in [-0.2, -0.15) is 13.2 Å². The van der Waals surface area contributed by atoms with Crippen LogP contribution >= 0.6 is 0 Å². The number of ether oxygens (including phenoxy) is 1. The average Bonchev–Trinajstić information content (AvgIpc) is 2.55. The molecule has 1 unspecified atom stereocenters. The number of aliphatic carboxylic acids is 1. The van der Waals surface area contributed by atoms with Gasteiger partial charge in [0.1, 0.15) is 17.5 Å². The van der Waals surface area contributed by atoms with E-state index in [1.165, 1.54) is 29.6 Å². The minimum atomic E-state index is -5.19. The number of oxime groups is 1. The van der Waals surface area contributed by atoms with E-state index < -0.39 is 30.5 Å². The molecule has 1 aromatic carbocycles. The highest BCUT2D eigenvalue weighted by molar-refractivity contribution is 6.36. The van der Waals surface area contributed by atoms with Gasteiger partial charge in [-0.05, 0) is 24.3 Å². The second-order valence-electron chi connectivity index (χ2n) is 4.63. The molecule has 25 heavy (non-hydrogen) atoms. The number of carboxylic acid groups (broad SMARTS) is 1. The molecule has 136 valence electrons. The van der Waals surface area contributed by atoms with Crippen molar-refractivity contribution in [2.24, 2.45) is 5.16 Å². The third-order valence-corrected chi connectivity index (χ3v) is 2.91. The Morgan fingerprint density at radius 3 is 2.32 bits per heavy atom. The van der Waals surface area contributed by atoms with Gasteiger partial charge >= 0.3 is 18.1 Å². The van der Waals surface area contributed by atoms with Crippen LogP contribution in [0.1, 0.15) is 12.0 Å². The largest absolute Gasteiger partial charge is 0.494 e. The van der Waals surface area contributed by atoms with Crippen LogP contribution in [0.4, 0.5) is 13.2 Å². The van der Waals surface area contributed by atoms with Crippen molar-refractivity contribution in [3.8, 4) is 5.75 Å². The van der Waals surface area contributed by atoms with E-state index in [0.29, 0.717) is 11.8 Å². The second kappa shape index (κ2) is 8.66. The normalized spacial score (nSPS) is 13.0. The van der Waals surface area contributed by atoms with Crippen molar-refractivity contribution < 1.29 is 42.6 Å². The van der Waals surface area contributed by atoms with Crippen LogP contribution in [0.15, 0.2) is 29.4 Å². The molecule has 8 nitrogen and oxygen atoms in total. The van der Waals surface area contributed by atoms with Gasteiger partial charge in [0, 0.05) is 12.0 Å². The third kappa shape index (κ3) is 6.12. The number of amides is 1. The molecule has 0 heterocycles. The summed E-state index contributed by atoms with van der Waals surface area (Å²) < 4.78 is 41.6. The molecule has 0 bridgehead atoms. The van der Waals surface area contributed by atoms with E-state index in [-0.39, 0.29) is 18.1 Å². The minimum Gasteiger partial charge on any atom is -0.494 e. The molecule has 0 aliphatic rings. The fourth-order valence-electron chi connectivity index (χ4n) is 1.66. The van der Waals surface area contributed by atoms with E-state index in [4.69, 9.17) is 15.1 Å². The van der Waals surface area contributed by atoms with E-state index in [0.717, 1.165) is 0 Å². The van der Waals surface area contributed by atoms with Crippen molar-refractivity contribution in [3.63, 3.8) is 0 Å². The summed E-state index contributed by atoms with van der Waals surface area (Å²) in [5.74, 6) is -3.75. The first-order valence-electron chi connectivity index (χ1n) is 6.70. The molecule has 3 N–H and O–H groups in total. The number of carboxylic acids is 1. The Hall–Kier alpha value is -3.11. The highest BCUT2D eigenvalue weighted by Gasteiger charge is 2.40. The molecule has 1 amide bonds. The Kier molecular flexibility index (Phi) is 6.91. The van der Waals surface area contributed by atoms with Crippen LogP contribution < -0.4 is 10.1 Å². The Bertz CT molecular complexity index is 658. The van der Waals surface area contributed by atoms with Crippen LogP contribution in [0.25, 0.3) is 0 Å². The highest BCUT2D eigenvalue weighted by atomic mass is 19.4. The van der Waals surface area contributed by atoms with Crippen LogP contribution in [-0.4, -0.2) is 53.0 Å². The number of halogens is 3. The topological polar surface area (TPSA) is 125 Å². The van der Waals surface area contributed by atoms with E-state index in [1.54, 1.807) is 0 Å². The highest BCUT2D eigenvalue weighted by Crippen LogP contribution is 2.16. The van der Waals surface area contributed by atoms with Crippen molar-refractivity contribution >= 4 is 23.9 Å². The number of aldehydes is 1. The van der Waals surface area contributed by atoms with Gasteiger partial charge in [-0.1, -0.05) is 5.16 Å². The molecule has 0 saturated heterocycles. The number of hydrogen-bond acceptors (Lipinski definition) is 6. The number of benzene rings is 1. The Morgan fingerprint density at radius 2 is 1.88 bits per heavy atom. The standard InChI is InChI=1S/C14H13F3N2O6/c15-14(16,17)13(23)18-10(12(21)22)5-6-25-9-3-1-8(2-4-9)11(7-20)19-24/h1-4,7,10,24H,5-6H2,(H,18,23)(H,21,22). The number of rotatable bonds is 8. The first-order chi connectivity index (χ1) is 11.7. The van der Waals surface area contributed by atoms with Crippen molar-refractivity contribution in [1.82, 2.24) is 5.32 Å². The average molecular weight is 362 g/mol. The smallest absolute Gasteiger partial charge is 0.471 e. The van der Waals surface area contributed by atoms with Gasteiger partial charge in [0.2, 0.25) is 0 Å². The summed E-state index contributed by atoms with van der Waals surface area (Å²) in [7, 11) is 0. The molecule has 0 saturated carbocycles. The summed E-state index contributed by atoms with van der Waals surface area (Å²) in [6, 6.07) is 3.77. The number of nitrogens with one attached hydrogen (secondary N) is 1. The van der Waals surface area contributed by atoms with Crippen LogP contribution in [-0.2, 0) is 14.4 Å². The van der Waals surface area contributed by atoms with Crippen molar-refractivity contribution in [2.75, 3.05) is 6.61 Å². The van der Waals surface area contributed by atoms with E-state index in [9.17, 15) is 27.6 Å². The molecule has 1 aromatic rings. The van der Waals surface area contributed by atoms with Crippen LogP contribution in [0.3, 0.4) is 0 Å². The second-order valence-corrected chi connectivity index (χ2v) is 4.63. The van der Waals surface area contributed by atoms with Gasteiger partial charge in [0.25, 0.3) is 0 Å².